The number of nitrogens with zero attached hydrogens (tertiary/aromatic N) is 3. The molecule has 0 unspecified atom stereocenters. The monoisotopic (exact) mass is 415 g/mol. The zero-order valence-corrected chi connectivity index (χ0v) is 16.7. The van der Waals surface area contributed by atoms with Crippen LogP contribution in [0.2, 0.25) is 0 Å². The molecule has 0 aliphatic carbocycles. The summed E-state index contributed by atoms with van der Waals surface area (Å²) >= 11 is 1.59. The molecule has 148 valence electrons. The Hall–Kier alpha value is -3.84. The van der Waals surface area contributed by atoms with Gasteiger partial charge in [0, 0.05) is 29.5 Å². The van der Waals surface area contributed by atoms with E-state index < -0.39 is 4.92 Å². The summed E-state index contributed by atoms with van der Waals surface area (Å²) in [5.41, 5.74) is 3.14. The molecule has 0 saturated heterocycles. The topological polar surface area (TPSA) is 78.0 Å². The van der Waals surface area contributed by atoms with Crippen molar-refractivity contribution >= 4 is 28.9 Å². The highest BCUT2D eigenvalue weighted by atomic mass is 32.1. The van der Waals surface area contributed by atoms with Gasteiger partial charge in [-0.1, -0.05) is 36.4 Å². The van der Waals surface area contributed by atoms with E-state index in [-0.39, 0.29) is 11.5 Å². The third-order valence-electron chi connectivity index (χ3n) is 4.51. The van der Waals surface area contributed by atoms with E-state index in [0.717, 1.165) is 21.7 Å². The number of nitro benzene ring substituents is 1. The summed E-state index contributed by atoms with van der Waals surface area (Å²) in [6, 6.07) is 19.6. The Morgan fingerprint density at radius 3 is 2.50 bits per heavy atom. The van der Waals surface area contributed by atoms with Crippen molar-refractivity contribution in [1.82, 2.24) is 9.78 Å². The Bertz CT molecular complexity index is 1190. The second-order valence-electron chi connectivity index (χ2n) is 6.60. The smallest absolute Gasteiger partial charge is 0.269 e. The first-order chi connectivity index (χ1) is 14.6. The van der Waals surface area contributed by atoms with Crippen LogP contribution >= 0.6 is 11.3 Å². The number of ketones is 1. The van der Waals surface area contributed by atoms with Crippen molar-refractivity contribution in [3.63, 3.8) is 0 Å². The number of thiophene rings is 1. The molecule has 0 spiro atoms. The highest BCUT2D eigenvalue weighted by Crippen LogP contribution is 2.28. The average Bonchev–Trinajstić information content (AvgIpc) is 3.42. The van der Waals surface area contributed by atoms with Gasteiger partial charge in [-0.05, 0) is 41.3 Å². The first-order valence-corrected chi connectivity index (χ1v) is 10.1. The SMILES string of the molecule is O=C(/C=C/c1cn(Cc2ccccc2)nc1-c1cccs1)c1ccc([N+](=O)[O-])cc1. The van der Waals surface area contributed by atoms with E-state index in [4.69, 9.17) is 5.10 Å². The van der Waals surface area contributed by atoms with Crippen LogP contribution in [0.4, 0.5) is 5.69 Å². The number of hydrogen-bond donors (Lipinski definition) is 0. The van der Waals surface area contributed by atoms with Gasteiger partial charge in [-0.25, -0.2) is 0 Å². The van der Waals surface area contributed by atoms with Crippen LogP contribution in [0.5, 0.6) is 0 Å². The predicted octanol–water partition coefficient (Wildman–Crippen LogP) is 5.46. The average molecular weight is 415 g/mol. The fraction of sp³-hybridized carbons (Fsp3) is 0.0435. The molecule has 6 nitrogen and oxygen atoms in total. The van der Waals surface area contributed by atoms with Gasteiger partial charge in [-0.15, -0.1) is 11.3 Å². The molecule has 2 heterocycles. The lowest BCUT2D eigenvalue weighted by atomic mass is 10.1. The number of hydrogen-bond acceptors (Lipinski definition) is 5. The Morgan fingerprint density at radius 2 is 1.83 bits per heavy atom. The maximum atomic E-state index is 12.5. The molecule has 0 bridgehead atoms. The number of nitro groups is 1. The Balaban J connectivity index is 1.60. The van der Waals surface area contributed by atoms with Crippen LogP contribution in [-0.2, 0) is 6.54 Å². The Morgan fingerprint density at radius 1 is 1.07 bits per heavy atom. The van der Waals surface area contributed by atoms with Crippen LogP contribution in [-0.4, -0.2) is 20.5 Å². The van der Waals surface area contributed by atoms with Crippen LogP contribution in [0.25, 0.3) is 16.6 Å². The first kappa shape index (κ1) is 19.5. The van der Waals surface area contributed by atoms with Gasteiger partial charge in [0.05, 0.1) is 16.3 Å². The number of allylic oxidation sites excluding steroid dienone is 1. The summed E-state index contributed by atoms with van der Waals surface area (Å²) < 4.78 is 1.86. The molecule has 0 fully saturated rings. The number of carbonyl (C=O) groups excluding carboxylic acids is 1. The van der Waals surface area contributed by atoms with E-state index in [2.05, 4.69) is 0 Å². The summed E-state index contributed by atoms with van der Waals surface area (Å²) in [7, 11) is 0. The molecule has 4 rings (SSSR count). The molecule has 7 heteroatoms. The molecule has 30 heavy (non-hydrogen) atoms. The number of benzene rings is 2. The summed E-state index contributed by atoms with van der Waals surface area (Å²) in [5, 5.41) is 17.5. The lowest BCUT2D eigenvalue weighted by Crippen LogP contribution is -1.99. The van der Waals surface area contributed by atoms with Gasteiger partial charge >= 0.3 is 0 Å². The third-order valence-corrected chi connectivity index (χ3v) is 5.39. The van der Waals surface area contributed by atoms with Gasteiger partial charge in [-0.3, -0.25) is 19.6 Å². The summed E-state index contributed by atoms with van der Waals surface area (Å²) in [6.07, 6.45) is 5.14. The zero-order chi connectivity index (χ0) is 20.9. The minimum Gasteiger partial charge on any atom is -0.289 e. The molecule has 0 saturated carbocycles. The maximum Gasteiger partial charge on any atom is 0.269 e. The summed E-state index contributed by atoms with van der Waals surface area (Å²) in [4.78, 5) is 23.8. The van der Waals surface area contributed by atoms with Gasteiger partial charge in [0.25, 0.3) is 5.69 Å². The minimum absolute atomic E-state index is 0.0438. The van der Waals surface area contributed by atoms with Crippen molar-refractivity contribution in [2.75, 3.05) is 0 Å². The van der Waals surface area contributed by atoms with Gasteiger partial charge in [-0.2, -0.15) is 5.10 Å². The largest absolute Gasteiger partial charge is 0.289 e. The fourth-order valence-electron chi connectivity index (χ4n) is 3.02. The number of aromatic nitrogens is 2. The van der Waals surface area contributed by atoms with Gasteiger partial charge in [0.15, 0.2) is 5.78 Å². The Labute approximate surface area is 176 Å². The fourth-order valence-corrected chi connectivity index (χ4v) is 3.76. The molecule has 0 atom stereocenters. The van der Waals surface area contributed by atoms with Crippen molar-refractivity contribution in [2.45, 2.75) is 6.54 Å². The van der Waals surface area contributed by atoms with E-state index in [1.54, 1.807) is 17.4 Å². The summed E-state index contributed by atoms with van der Waals surface area (Å²) in [5.74, 6) is -0.224. The highest BCUT2D eigenvalue weighted by Gasteiger charge is 2.12. The predicted molar refractivity (Wildman–Crippen MR) is 118 cm³/mol. The van der Waals surface area contributed by atoms with Crippen LogP contribution in [0.3, 0.4) is 0 Å². The molecule has 2 aromatic heterocycles. The molecule has 4 aromatic rings. The molecule has 0 radical (unpaired) electrons. The van der Waals surface area contributed by atoms with Crippen molar-refractivity contribution < 1.29 is 9.72 Å². The van der Waals surface area contributed by atoms with Gasteiger partial charge < -0.3 is 0 Å². The van der Waals surface area contributed by atoms with Gasteiger partial charge in [0.2, 0.25) is 0 Å². The van der Waals surface area contributed by atoms with Crippen LogP contribution in [0.1, 0.15) is 21.5 Å². The third kappa shape index (κ3) is 4.42. The standard InChI is InChI=1S/C23H17N3O3S/c27-21(18-8-11-20(12-9-18)26(28)29)13-10-19-16-25(15-17-5-2-1-3-6-17)24-23(19)22-7-4-14-30-22/h1-14,16H,15H2/b13-10+. The molecule has 0 aliphatic rings. The van der Waals surface area contributed by atoms with E-state index in [0.29, 0.717) is 12.1 Å². The second kappa shape index (κ2) is 8.67. The minimum atomic E-state index is -0.488. The van der Waals surface area contributed by atoms with Crippen LogP contribution in [0.15, 0.2) is 84.4 Å². The van der Waals surface area contributed by atoms with E-state index in [9.17, 15) is 14.9 Å². The molecular formula is C23H17N3O3S. The van der Waals surface area contributed by atoms with Crippen LogP contribution in [0, 0.1) is 10.1 Å². The van der Waals surface area contributed by atoms with E-state index in [1.165, 1.54) is 30.3 Å². The maximum absolute atomic E-state index is 12.5. The van der Waals surface area contributed by atoms with Crippen LogP contribution < -0.4 is 0 Å². The lowest BCUT2D eigenvalue weighted by Gasteiger charge is -2.00. The van der Waals surface area contributed by atoms with Gasteiger partial charge in [0.1, 0.15) is 5.69 Å². The molecular weight excluding hydrogens is 398 g/mol. The number of carbonyl (C=O) groups is 1. The van der Waals surface area contributed by atoms with E-state index in [1.807, 2.05) is 58.7 Å². The second-order valence-corrected chi connectivity index (χ2v) is 7.54. The number of non-ortho nitro benzene ring substituents is 1. The quantitative estimate of drug-likeness (QED) is 0.174. The van der Waals surface area contributed by atoms with Crippen molar-refractivity contribution in [3.05, 3.63) is 111 Å². The zero-order valence-electron chi connectivity index (χ0n) is 15.8. The molecule has 0 N–H and O–H groups in total. The molecule has 0 amide bonds. The Kier molecular flexibility index (Phi) is 5.63. The van der Waals surface area contributed by atoms with Crippen molar-refractivity contribution in [3.8, 4) is 10.6 Å². The van der Waals surface area contributed by atoms with E-state index >= 15 is 0 Å². The lowest BCUT2D eigenvalue weighted by molar-refractivity contribution is -0.384. The molecule has 2 aromatic carbocycles. The molecule has 0 aliphatic heterocycles. The normalized spacial score (nSPS) is 11.1. The highest BCUT2D eigenvalue weighted by molar-refractivity contribution is 7.13. The van der Waals surface area contributed by atoms with Crippen molar-refractivity contribution in [2.24, 2.45) is 0 Å². The first-order valence-electron chi connectivity index (χ1n) is 9.22. The van der Waals surface area contributed by atoms with Crippen molar-refractivity contribution in [1.29, 1.82) is 0 Å². The summed E-state index contributed by atoms with van der Waals surface area (Å²) in [6.45, 7) is 0.628. The number of rotatable bonds is 7.